The molecule has 0 atom stereocenters. The van der Waals surface area contributed by atoms with E-state index in [1.165, 1.54) is 6.20 Å². The number of pyridine rings is 1. The Morgan fingerprint density at radius 1 is 1.07 bits per heavy atom. The number of aryl methyl sites for hydroxylation is 1. The number of benzene rings is 1. The van der Waals surface area contributed by atoms with E-state index in [-0.39, 0.29) is 11.3 Å². The first-order chi connectivity index (χ1) is 14.7. The fourth-order valence-corrected chi connectivity index (χ4v) is 4.70. The molecule has 4 aromatic rings. The van der Waals surface area contributed by atoms with Crippen molar-refractivity contribution in [2.75, 3.05) is 31.1 Å². The van der Waals surface area contributed by atoms with Crippen LogP contribution in [0.2, 0.25) is 0 Å². The van der Waals surface area contributed by atoms with E-state index in [1.54, 1.807) is 28.3 Å². The molecule has 1 aliphatic heterocycles. The van der Waals surface area contributed by atoms with Gasteiger partial charge in [-0.1, -0.05) is 23.5 Å². The summed E-state index contributed by atoms with van der Waals surface area (Å²) in [6.07, 6.45) is 3.45. The number of piperazine rings is 1. The SMILES string of the molecule is O=C(CCn1ncc(=O)c2ccccc21)N1CCN(c2nc3cccnc3s2)CC1. The number of rotatable bonds is 4. The summed E-state index contributed by atoms with van der Waals surface area (Å²) in [5, 5.41) is 5.79. The van der Waals surface area contributed by atoms with Crippen LogP contribution in [0.3, 0.4) is 0 Å². The van der Waals surface area contributed by atoms with E-state index in [0.29, 0.717) is 31.4 Å². The van der Waals surface area contributed by atoms with E-state index < -0.39 is 0 Å². The van der Waals surface area contributed by atoms with Gasteiger partial charge < -0.3 is 9.80 Å². The van der Waals surface area contributed by atoms with E-state index in [1.807, 2.05) is 35.2 Å². The maximum Gasteiger partial charge on any atom is 0.224 e. The third-order valence-electron chi connectivity index (χ3n) is 5.36. The second-order valence-electron chi connectivity index (χ2n) is 7.19. The van der Waals surface area contributed by atoms with Crippen LogP contribution < -0.4 is 10.3 Å². The first-order valence-corrected chi connectivity index (χ1v) is 10.7. The maximum absolute atomic E-state index is 12.7. The van der Waals surface area contributed by atoms with Crippen molar-refractivity contribution in [3.8, 4) is 0 Å². The van der Waals surface area contributed by atoms with Crippen molar-refractivity contribution >= 4 is 43.6 Å². The number of anilines is 1. The van der Waals surface area contributed by atoms with Gasteiger partial charge in [0.2, 0.25) is 11.3 Å². The Hall–Kier alpha value is -3.33. The highest BCUT2D eigenvalue weighted by atomic mass is 32.1. The Morgan fingerprint density at radius 2 is 1.90 bits per heavy atom. The van der Waals surface area contributed by atoms with Crippen LogP contribution >= 0.6 is 11.3 Å². The van der Waals surface area contributed by atoms with Crippen LogP contribution in [-0.2, 0) is 11.3 Å². The average Bonchev–Trinajstić information content (AvgIpc) is 3.23. The van der Waals surface area contributed by atoms with Gasteiger partial charge in [-0.25, -0.2) is 9.97 Å². The Bertz CT molecular complexity index is 1240. The molecule has 0 bridgehead atoms. The lowest BCUT2D eigenvalue weighted by Crippen LogP contribution is -2.49. The zero-order valence-corrected chi connectivity index (χ0v) is 17.1. The summed E-state index contributed by atoms with van der Waals surface area (Å²) in [6.45, 7) is 3.29. The van der Waals surface area contributed by atoms with Crippen LogP contribution in [0.15, 0.2) is 53.6 Å². The van der Waals surface area contributed by atoms with Gasteiger partial charge in [-0.3, -0.25) is 14.3 Å². The standard InChI is InChI=1S/C21H20N6O2S/c28-18-14-23-27(17-6-2-1-4-15(17)18)9-7-19(29)25-10-12-26(13-11-25)21-24-16-5-3-8-22-20(16)30-21/h1-6,8,14H,7,9-13H2. The number of para-hydroxylation sites is 1. The molecule has 9 heteroatoms. The highest BCUT2D eigenvalue weighted by molar-refractivity contribution is 7.21. The first-order valence-electron chi connectivity index (χ1n) is 9.88. The van der Waals surface area contributed by atoms with Crippen LogP contribution in [0.5, 0.6) is 0 Å². The van der Waals surface area contributed by atoms with Crippen LogP contribution in [0.25, 0.3) is 21.3 Å². The molecule has 1 aromatic carbocycles. The molecule has 0 aliphatic carbocycles. The second kappa shape index (κ2) is 7.83. The molecule has 1 fully saturated rings. The van der Waals surface area contributed by atoms with Crippen molar-refractivity contribution in [2.45, 2.75) is 13.0 Å². The Kier molecular flexibility index (Phi) is 4.88. The zero-order chi connectivity index (χ0) is 20.5. The van der Waals surface area contributed by atoms with Crippen molar-refractivity contribution in [3.63, 3.8) is 0 Å². The summed E-state index contributed by atoms with van der Waals surface area (Å²) in [4.78, 5) is 38.8. The predicted octanol–water partition coefficient (Wildman–Crippen LogP) is 2.14. The van der Waals surface area contributed by atoms with Crippen molar-refractivity contribution in [2.24, 2.45) is 0 Å². The zero-order valence-electron chi connectivity index (χ0n) is 16.3. The van der Waals surface area contributed by atoms with Gasteiger partial charge in [0.25, 0.3) is 0 Å². The van der Waals surface area contributed by atoms with E-state index in [0.717, 1.165) is 34.1 Å². The molecule has 1 amide bonds. The van der Waals surface area contributed by atoms with E-state index >= 15 is 0 Å². The number of hydrogen-bond acceptors (Lipinski definition) is 7. The molecular weight excluding hydrogens is 400 g/mol. The van der Waals surface area contributed by atoms with Gasteiger partial charge in [0, 0.05) is 44.2 Å². The predicted molar refractivity (Wildman–Crippen MR) is 117 cm³/mol. The minimum Gasteiger partial charge on any atom is -0.344 e. The Labute approximate surface area is 176 Å². The molecule has 5 rings (SSSR count). The number of hydrogen-bond donors (Lipinski definition) is 0. The number of carbonyl (C=O) groups excluding carboxylic acids is 1. The fraction of sp³-hybridized carbons (Fsp3) is 0.286. The molecule has 0 radical (unpaired) electrons. The molecule has 8 nitrogen and oxygen atoms in total. The lowest BCUT2D eigenvalue weighted by molar-refractivity contribution is -0.131. The molecule has 0 unspecified atom stereocenters. The third-order valence-corrected chi connectivity index (χ3v) is 6.40. The van der Waals surface area contributed by atoms with Crippen LogP contribution in [0, 0.1) is 0 Å². The van der Waals surface area contributed by atoms with Gasteiger partial charge in [-0.05, 0) is 24.3 Å². The minimum absolute atomic E-state index is 0.102. The molecule has 0 saturated carbocycles. The van der Waals surface area contributed by atoms with Gasteiger partial charge in [-0.15, -0.1) is 0 Å². The normalized spacial score (nSPS) is 14.5. The molecule has 1 saturated heterocycles. The van der Waals surface area contributed by atoms with Gasteiger partial charge in [0.15, 0.2) is 5.13 Å². The van der Waals surface area contributed by atoms with Crippen molar-refractivity contribution in [3.05, 3.63) is 59.0 Å². The lowest BCUT2D eigenvalue weighted by atomic mass is 10.2. The largest absolute Gasteiger partial charge is 0.344 e. The highest BCUT2D eigenvalue weighted by Crippen LogP contribution is 2.27. The van der Waals surface area contributed by atoms with Gasteiger partial charge in [0.1, 0.15) is 10.3 Å². The van der Waals surface area contributed by atoms with Crippen molar-refractivity contribution < 1.29 is 4.79 Å². The van der Waals surface area contributed by atoms with Gasteiger partial charge >= 0.3 is 0 Å². The summed E-state index contributed by atoms with van der Waals surface area (Å²) in [7, 11) is 0. The third kappa shape index (κ3) is 3.52. The topological polar surface area (TPSA) is 84.2 Å². The molecule has 0 N–H and O–H groups in total. The monoisotopic (exact) mass is 420 g/mol. The van der Waals surface area contributed by atoms with Crippen LogP contribution in [-0.4, -0.2) is 56.7 Å². The highest BCUT2D eigenvalue weighted by Gasteiger charge is 2.23. The van der Waals surface area contributed by atoms with Gasteiger partial charge in [-0.2, -0.15) is 5.10 Å². The molecule has 3 aromatic heterocycles. The van der Waals surface area contributed by atoms with Crippen molar-refractivity contribution in [1.29, 1.82) is 0 Å². The second-order valence-corrected chi connectivity index (χ2v) is 8.15. The first kappa shape index (κ1) is 18.7. The fourth-order valence-electron chi connectivity index (χ4n) is 3.74. The van der Waals surface area contributed by atoms with E-state index in [2.05, 4.69) is 20.0 Å². The summed E-state index contributed by atoms with van der Waals surface area (Å²) < 4.78 is 1.74. The smallest absolute Gasteiger partial charge is 0.224 e. The van der Waals surface area contributed by atoms with E-state index in [9.17, 15) is 9.59 Å². The summed E-state index contributed by atoms with van der Waals surface area (Å²) in [6, 6.07) is 11.2. The molecular formula is C21H20N6O2S. The average molecular weight is 420 g/mol. The summed E-state index contributed by atoms with van der Waals surface area (Å²) >= 11 is 1.59. The van der Waals surface area contributed by atoms with Crippen molar-refractivity contribution in [1.82, 2.24) is 24.6 Å². The van der Waals surface area contributed by atoms with Gasteiger partial charge in [0.05, 0.1) is 18.3 Å². The number of thiazole rings is 1. The summed E-state index contributed by atoms with van der Waals surface area (Å²) in [5.41, 5.74) is 1.57. The number of aromatic nitrogens is 4. The minimum atomic E-state index is -0.102. The number of nitrogens with zero attached hydrogens (tertiary/aromatic N) is 6. The van der Waals surface area contributed by atoms with Crippen LogP contribution in [0.4, 0.5) is 5.13 Å². The summed E-state index contributed by atoms with van der Waals surface area (Å²) in [5.74, 6) is 0.102. The quantitative estimate of drug-likeness (QED) is 0.503. The number of fused-ring (bicyclic) bond motifs is 2. The van der Waals surface area contributed by atoms with E-state index in [4.69, 9.17) is 0 Å². The molecule has 1 aliphatic rings. The molecule has 30 heavy (non-hydrogen) atoms. The Balaban J connectivity index is 1.21. The lowest BCUT2D eigenvalue weighted by Gasteiger charge is -2.34. The Morgan fingerprint density at radius 3 is 2.73 bits per heavy atom. The molecule has 0 spiro atoms. The molecule has 152 valence electrons. The number of amides is 1. The number of carbonyl (C=O) groups is 1. The maximum atomic E-state index is 12.7. The van der Waals surface area contributed by atoms with Crippen LogP contribution in [0.1, 0.15) is 6.42 Å². The molecule has 4 heterocycles.